The summed E-state index contributed by atoms with van der Waals surface area (Å²) in [7, 11) is -2.96. The van der Waals surface area contributed by atoms with E-state index in [1.165, 1.54) is 34.0 Å². The topological polar surface area (TPSA) is 108 Å². The van der Waals surface area contributed by atoms with Gasteiger partial charge in [0.1, 0.15) is 12.6 Å². The Bertz CT molecular complexity index is 1030. The number of nitrogens with zero attached hydrogens (tertiary/aromatic N) is 2. The minimum atomic E-state index is -3.37. The monoisotopic (exact) mass is 577 g/mol. The maximum atomic E-state index is 12.7. The number of hydrogen-bond acceptors (Lipinski definition) is 10. The number of benzene rings is 2. The average molecular weight is 578 g/mol. The van der Waals surface area contributed by atoms with Crippen LogP contribution in [0.5, 0.6) is 5.75 Å². The molecule has 10 nitrogen and oxygen atoms in total. The molecule has 0 aromatic heterocycles. The zero-order valence-electron chi connectivity index (χ0n) is 21.2. The van der Waals surface area contributed by atoms with Crippen LogP contribution in [0.3, 0.4) is 0 Å². The van der Waals surface area contributed by atoms with Crippen molar-refractivity contribution in [3.8, 4) is 5.75 Å². The van der Waals surface area contributed by atoms with Crippen molar-refractivity contribution in [3.63, 3.8) is 0 Å². The zero-order chi connectivity index (χ0) is 26.6. The highest BCUT2D eigenvalue weighted by molar-refractivity contribution is 8.27. The SMILES string of the molecule is COP(=O)(CN(CCc1ccc(O[P+]([S-])=NNCc2ccc(C)cc2)cc1)CP(=O)(OC)OC)OC. The molecule has 0 fully saturated rings. The van der Waals surface area contributed by atoms with E-state index in [4.69, 9.17) is 34.9 Å². The van der Waals surface area contributed by atoms with E-state index in [1.807, 2.05) is 55.5 Å². The van der Waals surface area contributed by atoms with Crippen LogP contribution in [0.2, 0.25) is 0 Å². The Morgan fingerprint density at radius 2 is 1.36 bits per heavy atom. The lowest BCUT2D eigenvalue weighted by atomic mass is 10.1. The molecule has 0 amide bonds. The molecule has 0 aliphatic carbocycles. The summed E-state index contributed by atoms with van der Waals surface area (Å²) in [6.07, 6.45) is 0.455. The molecule has 0 saturated carbocycles. The van der Waals surface area contributed by atoms with Crippen LogP contribution in [0.4, 0.5) is 0 Å². The molecular weight excluding hydrogens is 543 g/mol. The van der Waals surface area contributed by atoms with E-state index in [0.717, 1.165) is 11.1 Å². The van der Waals surface area contributed by atoms with Crippen LogP contribution in [0.1, 0.15) is 16.7 Å². The fourth-order valence-corrected chi connectivity index (χ4v) is 6.40. The Kier molecular flexibility index (Phi) is 13.3. The summed E-state index contributed by atoms with van der Waals surface area (Å²) >= 11 is 5.33. The van der Waals surface area contributed by atoms with E-state index in [1.54, 1.807) is 4.90 Å². The third kappa shape index (κ3) is 10.7. The number of aryl methyl sites for hydroxylation is 1. The van der Waals surface area contributed by atoms with Gasteiger partial charge >= 0.3 is 22.3 Å². The first-order valence-corrected chi connectivity index (χ1v) is 16.7. The first kappa shape index (κ1) is 31.1. The van der Waals surface area contributed by atoms with Gasteiger partial charge in [0.05, 0.1) is 0 Å². The van der Waals surface area contributed by atoms with Crippen LogP contribution in [-0.2, 0) is 52.4 Å². The van der Waals surface area contributed by atoms with Gasteiger partial charge in [-0.3, -0.25) is 18.6 Å². The van der Waals surface area contributed by atoms with Gasteiger partial charge in [0, 0.05) is 46.4 Å². The molecule has 1 unspecified atom stereocenters. The van der Waals surface area contributed by atoms with Crippen LogP contribution >= 0.6 is 22.3 Å². The van der Waals surface area contributed by atoms with Crippen molar-refractivity contribution < 1.29 is 31.7 Å². The molecule has 14 heteroatoms. The smallest absolute Gasteiger partial charge is 0.344 e. The second-order valence-electron chi connectivity index (χ2n) is 7.77. The lowest BCUT2D eigenvalue weighted by Crippen LogP contribution is -2.29. The highest BCUT2D eigenvalue weighted by Gasteiger charge is 2.31. The van der Waals surface area contributed by atoms with Crippen molar-refractivity contribution in [2.24, 2.45) is 4.85 Å². The van der Waals surface area contributed by atoms with Gasteiger partial charge < -0.3 is 30.3 Å². The van der Waals surface area contributed by atoms with Crippen molar-refractivity contribution in [1.82, 2.24) is 10.3 Å². The van der Waals surface area contributed by atoms with Gasteiger partial charge in [-0.25, -0.2) is 0 Å². The number of nitrogens with one attached hydrogen (secondary N) is 1. The molecule has 0 heterocycles. The molecule has 2 aromatic rings. The molecule has 2 rings (SSSR count). The minimum Gasteiger partial charge on any atom is -0.418 e. The minimum absolute atomic E-state index is 0.0603. The molecule has 0 spiro atoms. The Morgan fingerprint density at radius 3 is 1.86 bits per heavy atom. The molecular formula is C22H34N3O7P3S. The van der Waals surface area contributed by atoms with Gasteiger partial charge in [0.15, 0.2) is 5.75 Å². The average Bonchev–Trinajstić information content (AvgIpc) is 2.89. The van der Waals surface area contributed by atoms with E-state index >= 15 is 0 Å². The first-order valence-electron chi connectivity index (χ1n) is 11.0. The van der Waals surface area contributed by atoms with Crippen molar-refractivity contribution in [1.29, 1.82) is 0 Å². The van der Waals surface area contributed by atoms with E-state index in [0.29, 0.717) is 25.3 Å². The Hall–Kier alpha value is -1.09. The molecule has 36 heavy (non-hydrogen) atoms. The summed E-state index contributed by atoms with van der Waals surface area (Å²) in [4.78, 5) is 5.91. The highest BCUT2D eigenvalue weighted by atomic mass is 32.7. The van der Waals surface area contributed by atoms with Crippen molar-refractivity contribution in [3.05, 3.63) is 65.2 Å². The van der Waals surface area contributed by atoms with Gasteiger partial charge in [-0.2, -0.15) is 5.43 Å². The molecule has 200 valence electrons. The zero-order valence-corrected chi connectivity index (χ0v) is 24.7. The van der Waals surface area contributed by atoms with Crippen molar-refractivity contribution in [2.75, 3.05) is 47.6 Å². The molecule has 1 N–H and O–H groups in total. The first-order chi connectivity index (χ1) is 17.1. The van der Waals surface area contributed by atoms with Gasteiger partial charge in [0.2, 0.25) is 0 Å². The summed E-state index contributed by atoms with van der Waals surface area (Å²) in [5, 5.41) is 0. The number of hydrogen-bond donors (Lipinski definition) is 1. The van der Waals surface area contributed by atoms with Crippen LogP contribution < -0.4 is 9.95 Å². The fraction of sp³-hybridized carbons (Fsp3) is 0.455. The second kappa shape index (κ2) is 15.4. The summed E-state index contributed by atoms with van der Waals surface area (Å²) in [6.45, 7) is 3.04. The van der Waals surface area contributed by atoms with Crippen LogP contribution in [0.15, 0.2) is 53.4 Å². The summed E-state index contributed by atoms with van der Waals surface area (Å²) in [5.41, 5.74) is 6.28. The Labute approximate surface area is 219 Å². The maximum absolute atomic E-state index is 12.7. The van der Waals surface area contributed by atoms with E-state index in [-0.39, 0.29) is 12.6 Å². The maximum Gasteiger partial charge on any atom is 0.344 e. The van der Waals surface area contributed by atoms with E-state index in [9.17, 15) is 9.13 Å². The van der Waals surface area contributed by atoms with Crippen LogP contribution in [-0.4, -0.2) is 52.5 Å². The van der Waals surface area contributed by atoms with Gasteiger partial charge in [-0.05, 0) is 36.6 Å². The van der Waals surface area contributed by atoms with E-state index < -0.39 is 22.3 Å². The third-order valence-electron chi connectivity index (χ3n) is 5.24. The standard InChI is InChI=1S/C22H34N3O7P3S/c1-19-6-8-21(9-7-19)16-23-24-33(36)32-22-12-10-20(11-13-22)14-15-25(17-34(26,28-2)29-3)18-35(27,30-4)31-5/h6-13,23H,14-18H2,1-5H3. The van der Waals surface area contributed by atoms with Gasteiger partial charge in [-0.15, -0.1) is 0 Å². The molecule has 2 aromatic carbocycles. The summed E-state index contributed by atoms with van der Waals surface area (Å²) in [6, 6.07) is 15.6. The number of rotatable bonds is 16. The lowest BCUT2D eigenvalue weighted by Gasteiger charge is -2.27. The van der Waals surface area contributed by atoms with Gasteiger partial charge in [-0.1, -0.05) is 42.0 Å². The fourth-order valence-electron chi connectivity index (χ4n) is 3.06. The Balaban J connectivity index is 1.94. The largest absolute Gasteiger partial charge is 0.418 e. The van der Waals surface area contributed by atoms with Crippen molar-refractivity contribution in [2.45, 2.75) is 19.9 Å². The van der Waals surface area contributed by atoms with Crippen LogP contribution in [0.25, 0.3) is 0 Å². The molecule has 0 saturated heterocycles. The summed E-state index contributed by atoms with van der Waals surface area (Å²) in [5.74, 6) is 0.615. The lowest BCUT2D eigenvalue weighted by molar-refractivity contribution is 0.224. The van der Waals surface area contributed by atoms with E-state index in [2.05, 4.69) is 10.3 Å². The molecule has 0 aliphatic rings. The highest BCUT2D eigenvalue weighted by Crippen LogP contribution is 2.51. The third-order valence-corrected chi connectivity index (χ3v) is 10.1. The molecule has 0 bridgehead atoms. The molecule has 0 radical (unpaired) electrons. The predicted molar refractivity (Wildman–Crippen MR) is 145 cm³/mol. The normalized spacial score (nSPS) is 12.8. The summed E-state index contributed by atoms with van der Waals surface area (Å²) < 4.78 is 51.2. The van der Waals surface area contributed by atoms with Crippen molar-refractivity contribution >= 4 is 34.6 Å². The molecule has 0 aliphatic heterocycles. The molecule has 1 atom stereocenters. The predicted octanol–water partition coefficient (Wildman–Crippen LogP) is 5.85. The van der Waals surface area contributed by atoms with Gasteiger partial charge in [0.25, 0.3) is 0 Å². The van der Waals surface area contributed by atoms with Crippen LogP contribution in [0, 0.1) is 6.92 Å². The Morgan fingerprint density at radius 1 is 0.861 bits per heavy atom. The second-order valence-corrected chi connectivity index (χ2v) is 14.0. The quantitative estimate of drug-likeness (QED) is 0.148.